The van der Waals surface area contributed by atoms with Crippen molar-refractivity contribution < 1.29 is 13.5 Å². The first-order chi connectivity index (χ1) is 12.7. The van der Waals surface area contributed by atoms with Crippen LogP contribution in [0.4, 0.5) is 20.2 Å². The molecular formula is C20H19F2N3O. The van der Waals surface area contributed by atoms with E-state index >= 15 is 0 Å². The van der Waals surface area contributed by atoms with Gasteiger partial charge in [0.2, 0.25) is 0 Å². The summed E-state index contributed by atoms with van der Waals surface area (Å²) in [5, 5.41) is 0.248. The van der Waals surface area contributed by atoms with Gasteiger partial charge < -0.3 is 14.5 Å². The lowest BCUT2D eigenvalue weighted by Crippen LogP contribution is -2.46. The summed E-state index contributed by atoms with van der Waals surface area (Å²) >= 11 is 0. The molecule has 1 aromatic heterocycles. The Kier molecular flexibility index (Phi) is 4.32. The second-order valence-corrected chi connectivity index (χ2v) is 6.23. The average molecular weight is 355 g/mol. The van der Waals surface area contributed by atoms with Crippen LogP contribution in [0, 0.1) is 11.6 Å². The summed E-state index contributed by atoms with van der Waals surface area (Å²) in [6.45, 7) is 2.93. The monoisotopic (exact) mass is 355 g/mol. The number of ether oxygens (including phenoxy) is 1. The summed E-state index contributed by atoms with van der Waals surface area (Å²) in [4.78, 5) is 8.34. The van der Waals surface area contributed by atoms with Crippen molar-refractivity contribution in [2.45, 2.75) is 0 Å². The van der Waals surface area contributed by atoms with Gasteiger partial charge in [0.25, 0.3) is 0 Å². The molecule has 0 unspecified atom stereocenters. The van der Waals surface area contributed by atoms with Gasteiger partial charge in [0.1, 0.15) is 22.9 Å². The van der Waals surface area contributed by atoms with Crippen LogP contribution in [0.1, 0.15) is 0 Å². The second kappa shape index (κ2) is 6.78. The van der Waals surface area contributed by atoms with Crippen LogP contribution >= 0.6 is 0 Å². The Morgan fingerprint density at radius 3 is 2.23 bits per heavy atom. The van der Waals surface area contributed by atoms with Gasteiger partial charge in [0.15, 0.2) is 0 Å². The third-order valence-corrected chi connectivity index (χ3v) is 4.82. The van der Waals surface area contributed by atoms with Gasteiger partial charge in [-0.2, -0.15) is 0 Å². The molecule has 0 bridgehead atoms. The number of rotatable bonds is 3. The fraction of sp³-hybridized carbons (Fsp3) is 0.250. The van der Waals surface area contributed by atoms with E-state index in [4.69, 9.17) is 4.74 Å². The minimum absolute atomic E-state index is 0.0784. The van der Waals surface area contributed by atoms with Gasteiger partial charge in [-0.05, 0) is 30.3 Å². The fourth-order valence-electron chi connectivity index (χ4n) is 3.52. The molecule has 4 nitrogen and oxygen atoms in total. The van der Waals surface area contributed by atoms with E-state index in [9.17, 15) is 8.78 Å². The first-order valence-corrected chi connectivity index (χ1v) is 8.54. The van der Waals surface area contributed by atoms with E-state index in [0.717, 1.165) is 36.7 Å². The van der Waals surface area contributed by atoms with Crippen LogP contribution in [0.5, 0.6) is 5.75 Å². The van der Waals surface area contributed by atoms with E-state index in [1.165, 1.54) is 6.20 Å². The number of para-hydroxylation sites is 2. The van der Waals surface area contributed by atoms with Crippen molar-refractivity contribution in [2.24, 2.45) is 0 Å². The highest BCUT2D eigenvalue weighted by atomic mass is 19.1. The lowest BCUT2D eigenvalue weighted by Gasteiger charge is -2.38. The largest absolute Gasteiger partial charge is 0.495 e. The summed E-state index contributed by atoms with van der Waals surface area (Å²) in [6, 6.07) is 11.9. The third-order valence-electron chi connectivity index (χ3n) is 4.82. The van der Waals surface area contributed by atoms with Gasteiger partial charge >= 0.3 is 0 Å². The summed E-state index contributed by atoms with van der Waals surface area (Å²) in [5.41, 5.74) is 1.81. The molecule has 1 fully saturated rings. The summed E-state index contributed by atoms with van der Waals surface area (Å²) in [6.07, 6.45) is 1.53. The smallest absolute Gasteiger partial charge is 0.149 e. The van der Waals surface area contributed by atoms with E-state index in [-0.39, 0.29) is 10.9 Å². The number of hydrogen-bond acceptors (Lipinski definition) is 4. The number of benzene rings is 2. The molecule has 6 heteroatoms. The molecule has 26 heavy (non-hydrogen) atoms. The van der Waals surface area contributed by atoms with Crippen LogP contribution in [0.2, 0.25) is 0 Å². The Labute approximate surface area is 150 Å². The van der Waals surface area contributed by atoms with Crippen molar-refractivity contribution in [1.29, 1.82) is 0 Å². The Morgan fingerprint density at radius 1 is 0.846 bits per heavy atom. The first kappa shape index (κ1) is 16.6. The lowest BCUT2D eigenvalue weighted by atomic mass is 10.1. The first-order valence-electron chi connectivity index (χ1n) is 8.54. The zero-order valence-corrected chi connectivity index (χ0v) is 14.5. The highest BCUT2D eigenvalue weighted by molar-refractivity contribution is 5.92. The quantitative estimate of drug-likeness (QED) is 0.714. The van der Waals surface area contributed by atoms with E-state index in [1.54, 1.807) is 13.2 Å². The SMILES string of the molecule is COc1ccccc1N1CCN(c2ccnc3c(F)ccc(F)c23)CC1. The van der Waals surface area contributed by atoms with E-state index in [2.05, 4.69) is 14.8 Å². The van der Waals surface area contributed by atoms with Gasteiger partial charge in [-0.1, -0.05) is 12.1 Å². The van der Waals surface area contributed by atoms with Gasteiger partial charge in [0.05, 0.1) is 23.9 Å². The van der Waals surface area contributed by atoms with Crippen molar-refractivity contribution in [1.82, 2.24) is 4.98 Å². The van der Waals surface area contributed by atoms with Crippen LogP contribution in [0.15, 0.2) is 48.7 Å². The number of anilines is 2. The molecule has 0 amide bonds. The summed E-state index contributed by atoms with van der Waals surface area (Å²) in [7, 11) is 1.66. The molecule has 0 atom stereocenters. The number of hydrogen-bond donors (Lipinski definition) is 0. The minimum Gasteiger partial charge on any atom is -0.495 e. The topological polar surface area (TPSA) is 28.6 Å². The zero-order chi connectivity index (χ0) is 18.1. The molecule has 0 aliphatic carbocycles. The summed E-state index contributed by atoms with van der Waals surface area (Å²) < 4.78 is 33.8. The number of piperazine rings is 1. The molecule has 0 spiro atoms. The highest BCUT2D eigenvalue weighted by Gasteiger charge is 2.22. The number of nitrogens with zero attached hydrogens (tertiary/aromatic N) is 3. The fourth-order valence-corrected chi connectivity index (χ4v) is 3.52. The van der Waals surface area contributed by atoms with E-state index in [0.29, 0.717) is 18.8 Å². The molecule has 134 valence electrons. The number of halogens is 2. The van der Waals surface area contributed by atoms with Crippen LogP contribution in [-0.2, 0) is 0 Å². The van der Waals surface area contributed by atoms with Crippen LogP contribution in [-0.4, -0.2) is 38.3 Å². The highest BCUT2D eigenvalue weighted by Crippen LogP contribution is 2.32. The van der Waals surface area contributed by atoms with Gasteiger partial charge in [-0.3, -0.25) is 4.98 Å². The van der Waals surface area contributed by atoms with Crippen molar-refractivity contribution >= 4 is 22.3 Å². The van der Waals surface area contributed by atoms with Crippen molar-refractivity contribution in [3.8, 4) is 5.75 Å². The number of aromatic nitrogens is 1. The van der Waals surface area contributed by atoms with Crippen LogP contribution in [0.3, 0.4) is 0 Å². The molecular weight excluding hydrogens is 336 g/mol. The number of methoxy groups -OCH3 is 1. The minimum atomic E-state index is -0.504. The maximum Gasteiger partial charge on any atom is 0.149 e. The van der Waals surface area contributed by atoms with Crippen molar-refractivity contribution in [2.75, 3.05) is 43.1 Å². The molecule has 1 aliphatic rings. The maximum atomic E-state index is 14.4. The van der Waals surface area contributed by atoms with Gasteiger partial charge in [0, 0.05) is 32.4 Å². The maximum absolute atomic E-state index is 14.4. The summed E-state index contributed by atoms with van der Waals surface area (Å²) in [5.74, 6) is -0.115. The Morgan fingerprint density at radius 2 is 1.50 bits per heavy atom. The van der Waals surface area contributed by atoms with Gasteiger partial charge in [-0.25, -0.2) is 8.78 Å². The Balaban J connectivity index is 1.61. The Hall–Kier alpha value is -2.89. The molecule has 1 saturated heterocycles. The third kappa shape index (κ3) is 2.81. The molecule has 0 N–H and O–H groups in total. The van der Waals surface area contributed by atoms with Gasteiger partial charge in [-0.15, -0.1) is 0 Å². The van der Waals surface area contributed by atoms with Crippen molar-refractivity contribution in [3.05, 3.63) is 60.3 Å². The molecule has 1 aliphatic heterocycles. The predicted molar refractivity (Wildman–Crippen MR) is 99.1 cm³/mol. The van der Waals surface area contributed by atoms with Crippen LogP contribution in [0.25, 0.3) is 10.9 Å². The molecule has 0 radical (unpaired) electrons. The molecule has 2 aromatic carbocycles. The molecule has 0 saturated carbocycles. The average Bonchev–Trinajstić information content (AvgIpc) is 2.70. The Bertz CT molecular complexity index is 939. The second-order valence-electron chi connectivity index (χ2n) is 6.23. The predicted octanol–water partition coefficient (Wildman–Crippen LogP) is 3.85. The lowest BCUT2D eigenvalue weighted by molar-refractivity contribution is 0.413. The normalized spacial score (nSPS) is 14.7. The standard InChI is InChI=1S/C20H19F2N3O/c1-26-18-5-3-2-4-16(18)24-10-12-25(13-11-24)17-8-9-23-20-15(22)7-6-14(21)19(17)20/h2-9H,10-13H2,1H3. The van der Waals surface area contributed by atoms with E-state index < -0.39 is 11.6 Å². The van der Waals surface area contributed by atoms with Crippen LogP contribution < -0.4 is 14.5 Å². The van der Waals surface area contributed by atoms with Crippen molar-refractivity contribution in [3.63, 3.8) is 0 Å². The molecule has 3 aromatic rings. The van der Waals surface area contributed by atoms with E-state index in [1.807, 2.05) is 24.3 Å². The molecule has 4 rings (SSSR count). The number of pyridine rings is 1. The zero-order valence-electron chi connectivity index (χ0n) is 14.5. The molecule has 2 heterocycles. The number of fused-ring (bicyclic) bond motifs is 1.